The fraction of sp³-hybridized carbons (Fsp3) is 1.00. The van der Waals surface area contributed by atoms with Crippen LogP contribution in [0, 0.1) is 0 Å². The summed E-state index contributed by atoms with van der Waals surface area (Å²) in [5.41, 5.74) is 5.16. The van der Waals surface area contributed by atoms with Crippen molar-refractivity contribution in [3.63, 3.8) is 0 Å². The highest BCUT2D eigenvalue weighted by molar-refractivity contribution is 7.89. The molecule has 0 amide bonds. The molecular weight excluding hydrogens is 293 g/mol. The lowest BCUT2D eigenvalue weighted by atomic mass is 9.98. The van der Waals surface area contributed by atoms with E-state index >= 15 is 0 Å². The normalized spacial score (nSPS) is 19.7. The van der Waals surface area contributed by atoms with Crippen LogP contribution in [-0.2, 0) is 10.0 Å². The first-order valence-corrected chi connectivity index (χ1v) is 8.55. The molecule has 0 aromatic rings. The van der Waals surface area contributed by atoms with Crippen LogP contribution in [0.25, 0.3) is 0 Å². The summed E-state index contributed by atoms with van der Waals surface area (Å²) >= 11 is 0. The second kappa shape index (κ2) is 6.62. The summed E-state index contributed by atoms with van der Waals surface area (Å²) in [5, 5.41) is 0. The maximum Gasteiger partial charge on any atom is 0.389 e. The zero-order valence-corrected chi connectivity index (χ0v) is 12.6. The van der Waals surface area contributed by atoms with Gasteiger partial charge in [-0.15, -0.1) is 0 Å². The quantitative estimate of drug-likeness (QED) is 0.783. The topological polar surface area (TPSA) is 63.4 Å². The number of nitrogens with two attached hydrogens (primary N) is 1. The molecule has 0 aromatic carbocycles. The second-order valence-electron chi connectivity index (χ2n) is 5.34. The monoisotopic (exact) mass is 316 g/mol. The Labute approximate surface area is 118 Å². The summed E-state index contributed by atoms with van der Waals surface area (Å²) in [5.74, 6) is -0.470. The molecule has 1 fully saturated rings. The van der Waals surface area contributed by atoms with Gasteiger partial charge in [0.05, 0.1) is 5.75 Å². The number of likely N-dealkylation sites (N-methyl/N-ethyl adjacent to an activating group) is 1. The second-order valence-corrected chi connectivity index (χ2v) is 7.35. The van der Waals surface area contributed by atoms with E-state index in [2.05, 4.69) is 0 Å². The van der Waals surface area contributed by atoms with Crippen molar-refractivity contribution in [1.82, 2.24) is 4.31 Å². The minimum atomic E-state index is -4.31. The average Bonchev–Trinajstić information content (AvgIpc) is 2.77. The molecule has 4 nitrogen and oxygen atoms in total. The van der Waals surface area contributed by atoms with Crippen molar-refractivity contribution >= 4 is 10.0 Å². The number of alkyl halides is 3. The van der Waals surface area contributed by atoms with Crippen LogP contribution in [0.3, 0.4) is 0 Å². The standard InChI is InChI=1S/C12H23F3N2O2S/c1-2-17(11(10-16)6-3-4-7-11)20(18,19)9-5-8-12(13,14)15/h2-10,16H2,1H3. The lowest BCUT2D eigenvalue weighted by molar-refractivity contribution is -0.134. The Morgan fingerprint density at radius 1 is 1.25 bits per heavy atom. The van der Waals surface area contributed by atoms with Crippen LogP contribution in [0.2, 0.25) is 0 Å². The third kappa shape index (κ3) is 4.33. The summed E-state index contributed by atoms with van der Waals surface area (Å²) in [6.07, 6.45) is -2.59. The van der Waals surface area contributed by atoms with E-state index in [1.807, 2.05) is 0 Å². The van der Waals surface area contributed by atoms with Crippen LogP contribution in [0.15, 0.2) is 0 Å². The van der Waals surface area contributed by atoms with Crippen molar-refractivity contribution in [1.29, 1.82) is 0 Å². The fourth-order valence-corrected chi connectivity index (χ4v) is 4.95. The summed E-state index contributed by atoms with van der Waals surface area (Å²) in [7, 11) is -3.70. The average molecular weight is 316 g/mol. The van der Waals surface area contributed by atoms with E-state index in [0.29, 0.717) is 12.8 Å². The van der Waals surface area contributed by atoms with E-state index in [1.54, 1.807) is 6.92 Å². The van der Waals surface area contributed by atoms with Crippen LogP contribution in [0.5, 0.6) is 0 Å². The predicted octanol–water partition coefficient (Wildman–Crippen LogP) is 2.25. The van der Waals surface area contributed by atoms with Crippen molar-refractivity contribution in [3.8, 4) is 0 Å². The van der Waals surface area contributed by atoms with Gasteiger partial charge in [0.15, 0.2) is 0 Å². The lowest BCUT2D eigenvalue weighted by Gasteiger charge is -2.39. The molecule has 0 aromatic heterocycles. The maximum atomic E-state index is 12.3. The van der Waals surface area contributed by atoms with Gasteiger partial charge in [0, 0.05) is 25.0 Å². The molecule has 0 spiro atoms. The molecule has 1 aliphatic rings. The van der Waals surface area contributed by atoms with Crippen molar-refractivity contribution in [3.05, 3.63) is 0 Å². The van der Waals surface area contributed by atoms with Crippen LogP contribution in [-0.4, -0.2) is 43.3 Å². The highest BCUT2D eigenvalue weighted by atomic mass is 32.2. The first-order valence-electron chi connectivity index (χ1n) is 6.94. The summed E-state index contributed by atoms with van der Waals surface area (Å²) in [6, 6.07) is 0. The molecule has 1 aliphatic carbocycles. The summed E-state index contributed by atoms with van der Waals surface area (Å²) in [6.45, 7) is 2.18. The molecule has 0 unspecified atom stereocenters. The molecule has 20 heavy (non-hydrogen) atoms. The summed E-state index contributed by atoms with van der Waals surface area (Å²) in [4.78, 5) is 0. The van der Waals surface area contributed by atoms with Crippen LogP contribution in [0.1, 0.15) is 45.4 Å². The van der Waals surface area contributed by atoms with Gasteiger partial charge >= 0.3 is 6.18 Å². The largest absolute Gasteiger partial charge is 0.389 e. The number of rotatable bonds is 7. The number of sulfonamides is 1. The molecule has 0 heterocycles. The van der Waals surface area contributed by atoms with Gasteiger partial charge in [0.25, 0.3) is 0 Å². The molecule has 0 aliphatic heterocycles. The fourth-order valence-electron chi connectivity index (χ4n) is 2.98. The van der Waals surface area contributed by atoms with Crippen molar-refractivity contribution < 1.29 is 21.6 Å². The zero-order chi connectivity index (χ0) is 15.4. The van der Waals surface area contributed by atoms with E-state index in [0.717, 1.165) is 12.8 Å². The van der Waals surface area contributed by atoms with Crippen LogP contribution in [0.4, 0.5) is 13.2 Å². The Morgan fingerprint density at radius 3 is 2.20 bits per heavy atom. The number of hydrogen-bond donors (Lipinski definition) is 1. The first-order chi connectivity index (χ1) is 9.17. The number of halogens is 3. The van der Waals surface area contributed by atoms with Gasteiger partial charge in [-0.3, -0.25) is 0 Å². The summed E-state index contributed by atoms with van der Waals surface area (Å²) < 4.78 is 62.3. The molecule has 0 atom stereocenters. The maximum absolute atomic E-state index is 12.3. The number of hydrogen-bond acceptors (Lipinski definition) is 3. The Kier molecular flexibility index (Phi) is 5.86. The van der Waals surface area contributed by atoms with Crippen molar-refractivity contribution in [2.24, 2.45) is 5.73 Å². The van der Waals surface area contributed by atoms with Gasteiger partial charge in [-0.25, -0.2) is 8.42 Å². The van der Waals surface area contributed by atoms with Crippen molar-refractivity contribution in [2.75, 3.05) is 18.8 Å². The van der Waals surface area contributed by atoms with Gasteiger partial charge in [-0.05, 0) is 19.3 Å². The van der Waals surface area contributed by atoms with Gasteiger partial charge in [-0.2, -0.15) is 17.5 Å². The third-order valence-electron chi connectivity index (χ3n) is 3.93. The van der Waals surface area contributed by atoms with Gasteiger partial charge < -0.3 is 5.73 Å². The molecule has 1 saturated carbocycles. The molecule has 120 valence electrons. The lowest BCUT2D eigenvalue weighted by Crippen LogP contribution is -2.55. The van der Waals surface area contributed by atoms with Crippen LogP contribution >= 0.6 is 0 Å². The molecule has 0 saturated heterocycles. The number of nitrogens with zero attached hydrogens (tertiary/aromatic N) is 1. The molecule has 0 radical (unpaired) electrons. The predicted molar refractivity (Wildman–Crippen MR) is 71.7 cm³/mol. The highest BCUT2D eigenvalue weighted by Crippen LogP contribution is 2.36. The SMILES string of the molecule is CCN(C1(CN)CCCC1)S(=O)(=O)CCCC(F)(F)F. The molecule has 0 bridgehead atoms. The minimum Gasteiger partial charge on any atom is -0.329 e. The van der Waals surface area contributed by atoms with E-state index in [4.69, 9.17) is 5.73 Å². The Balaban J connectivity index is 2.77. The Morgan fingerprint density at radius 2 is 1.80 bits per heavy atom. The van der Waals surface area contributed by atoms with Crippen LogP contribution < -0.4 is 5.73 Å². The third-order valence-corrected chi connectivity index (χ3v) is 6.05. The van der Waals surface area contributed by atoms with Crippen molar-refractivity contribution in [2.45, 2.75) is 57.2 Å². The van der Waals surface area contributed by atoms with Gasteiger partial charge in [-0.1, -0.05) is 19.8 Å². The zero-order valence-electron chi connectivity index (χ0n) is 11.7. The van der Waals surface area contributed by atoms with Gasteiger partial charge in [0.1, 0.15) is 0 Å². The van der Waals surface area contributed by atoms with Gasteiger partial charge in [0.2, 0.25) is 10.0 Å². The molecule has 1 rings (SSSR count). The van der Waals surface area contributed by atoms with E-state index < -0.39 is 40.3 Å². The highest BCUT2D eigenvalue weighted by Gasteiger charge is 2.43. The molecule has 2 N–H and O–H groups in total. The molecule has 8 heteroatoms. The molecular formula is C12H23F3N2O2S. The Bertz CT molecular complexity index is 403. The van der Waals surface area contributed by atoms with E-state index in [9.17, 15) is 21.6 Å². The minimum absolute atomic E-state index is 0.222. The van der Waals surface area contributed by atoms with E-state index in [1.165, 1.54) is 4.31 Å². The first kappa shape index (κ1) is 17.7. The Hall–Kier alpha value is -0.340. The smallest absolute Gasteiger partial charge is 0.329 e. The van der Waals surface area contributed by atoms with E-state index in [-0.39, 0.29) is 13.1 Å².